The molecule has 9 nitrogen and oxygen atoms in total. The molecule has 0 radical (unpaired) electrons. The number of hydrogen-bond acceptors (Lipinski definition) is 7. The number of nitrogens with one attached hydrogen (secondary N) is 1. The molecule has 2 aliphatic heterocycles. The monoisotopic (exact) mass is 580 g/mol. The van der Waals surface area contributed by atoms with Gasteiger partial charge in [0, 0.05) is 60.6 Å². The van der Waals surface area contributed by atoms with Crippen LogP contribution in [0.15, 0.2) is 37.1 Å². The Balaban J connectivity index is 1.53. The lowest BCUT2D eigenvalue weighted by Gasteiger charge is -2.45. The highest BCUT2D eigenvalue weighted by atomic mass is 35.5. The molecule has 4 aromatic rings. The summed E-state index contributed by atoms with van der Waals surface area (Å²) < 4.78 is 31.1. The van der Waals surface area contributed by atoms with E-state index < -0.39 is 11.6 Å². The quantitative estimate of drug-likeness (QED) is 0.349. The van der Waals surface area contributed by atoms with Gasteiger partial charge in [0.15, 0.2) is 5.82 Å². The summed E-state index contributed by atoms with van der Waals surface area (Å²) >= 11 is 6.79. The summed E-state index contributed by atoms with van der Waals surface area (Å²) in [7, 11) is 4.05. The maximum atomic E-state index is 16.6. The molecule has 1 amide bonds. The Hall–Kier alpha value is -3.83. The molecule has 12 heteroatoms. The predicted octanol–water partition coefficient (Wildman–Crippen LogP) is 4.47. The van der Waals surface area contributed by atoms with E-state index in [-0.39, 0.29) is 39.6 Å². The molecular weight excluding hydrogens is 550 g/mol. The van der Waals surface area contributed by atoms with Crippen LogP contribution < -0.4 is 9.80 Å². The molecule has 2 atom stereocenters. The van der Waals surface area contributed by atoms with Crippen molar-refractivity contribution in [3.8, 4) is 11.1 Å². The summed E-state index contributed by atoms with van der Waals surface area (Å²) in [5.74, 6) is -0.248. The Labute approximate surface area is 241 Å². The van der Waals surface area contributed by atoms with E-state index in [1.807, 2.05) is 32.8 Å². The normalized spacial score (nSPS) is 19.9. The van der Waals surface area contributed by atoms with Gasteiger partial charge in [-0.05, 0) is 51.7 Å². The van der Waals surface area contributed by atoms with Gasteiger partial charge in [-0.1, -0.05) is 24.2 Å². The van der Waals surface area contributed by atoms with Crippen LogP contribution in [0.1, 0.15) is 13.8 Å². The summed E-state index contributed by atoms with van der Waals surface area (Å²) in [5, 5.41) is 7.63. The third-order valence-electron chi connectivity index (χ3n) is 8.28. The van der Waals surface area contributed by atoms with E-state index in [2.05, 4.69) is 26.6 Å². The average molecular weight is 581 g/mol. The molecule has 4 heterocycles. The molecule has 0 aliphatic carbocycles. The summed E-state index contributed by atoms with van der Waals surface area (Å²) in [5.41, 5.74) is 0.838. The van der Waals surface area contributed by atoms with E-state index in [1.54, 1.807) is 11.0 Å². The van der Waals surface area contributed by atoms with Crippen molar-refractivity contribution >= 4 is 51.1 Å². The summed E-state index contributed by atoms with van der Waals surface area (Å²) in [6.07, 6.45) is 2.78. The number of piperazine rings is 1. The maximum absolute atomic E-state index is 16.6. The Kier molecular flexibility index (Phi) is 6.82. The van der Waals surface area contributed by atoms with Gasteiger partial charge in [-0.3, -0.25) is 9.89 Å². The lowest BCUT2D eigenvalue weighted by atomic mass is 9.98. The van der Waals surface area contributed by atoms with Gasteiger partial charge in [-0.15, -0.1) is 0 Å². The van der Waals surface area contributed by atoms with Crippen LogP contribution in [0.4, 0.5) is 20.5 Å². The average Bonchev–Trinajstić information content (AvgIpc) is 3.41. The fraction of sp³-hybridized carbons (Fsp3) is 0.379. The molecule has 0 spiro atoms. The second kappa shape index (κ2) is 10.2. The Bertz CT molecular complexity index is 1680. The van der Waals surface area contributed by atoms with Gasteiger partial charge >= 0.3 is 0 Å². The lowest BCUT2D eigenvalue weighted by Crippen LogP contribution is -2.59. The van der Waals surface area contributed by atoms with E-state index in [0.29, 0.717) is 60.3 Å². The van der Waals surface area contributed by atoms with Gasteiger partial charge < -0.3 is 19.6 Å². The zero-order chi connectivity index (χ0) is 29.2. The number of H-pyrrole nitrogens is 1. The third-order valence-corrected chi connectivity index (χ3v) is 8.57. The first-order valence-electron chi connectivity index (χ1n) is 13.5. The van der Waals surface area contributed by atoms with Gasteiger partial charge in [0.2, 0.25) is 11.9 Å². The van der Waals surface area contributed by atoms with Gasteiger partial charge in [-0.25, -0.2) is 13.8 Å². The molecule has 0 bridgehead atoms. The largest absolute Gasteiger partial charge is 0.349 e. The number of carbonyl (C=O) groups is 1. The van der Waals surface area contributed by atoms with E-state index in [4.69, 9.17) is 21.6 Å². The first-order valence-corrected chi connectivity index (χ1v) is 13.9. The van der Waals surface area contributed by atoms with Crippen molar-refractivity contribution in [2.24, 2.45) is 0 Å². The van der Waals surface area contributed by atoms with Crippen LogP contribution in [0, 0.1) is 11.6 Å². The highest BCUT2D eigenvalue weighted by molar-refractivity contribution is 6.35. The molecular formula is C29H31ClF2N8O. The highest BCUT2D eigenvalue weighted by Crippen LogP contribution is 2.42. The molecule has 41 heavy (non-hydrogen) atoms. The van der Waals surface area contributed by atoms with Crippen molar-refractivity contribution in [1.29, 1.82) is 0 Å². The van der Waals surface area contributed by atoms with Crippen molar-refractivity contribution in [2.45, 2.75) is 32.0 Å². The third kappa shape index (κ3) is 4.47. The van der Waals surface area contributed by atoms with Crippen LogP contribution in [0.5, 0.6) is 0 Å². The number of fused-ring (bicyclic) bond motifs is 2. The van der Waals surface area contributed by atoms with E-state index >= 15 is 4.39 Å². The Morgan fingerprint density at radius 2 is 1.88 bits per heavy atom. The van der Waals surface area contributed by atoms with Crippen LogP contribution in [0.3, 0.4) is 0 Å². The highest BCUT2D eigenvalue weighted by Gasteiger charge is 2.36. The number of halogens is 3. The zero-order valence-corrected chi connectivity index (χ0v) is 24.1. The molecule has 2 aromatic heterocycles. The second-order valence-electron chi connectivity index (χ2n) is 11.1. The van der Waals surface area contributed by atoms with Crippen molar-refractivity contribution in [1.82, 2.24) is 30.0 Å². The molecule has 6 rings (SSSR count). The Morgan fingerprint density at radius 3 is 2.59 bits per heavy atom. The first kappa shape index (κ1) is 27.3. The summed E-state index contributed by atoms with van der Waals surface area (Å²) in [6, 6.07) is 4.55. The summed E-state index contributed by atoms with van der Waals surface area (Å²) in [4.78, 5) is 30.2. The van der Waals surface area contributed by atoms with Gasteiger partial charge in [0.05, 0.1) is 11.2 Å². The fourth-order valence-electron chi connectivity index (χ4n) is 5.79. The maximum Gasteiger partial charge on any atom is 0.246 e. The molecule has 2 aromatic carbocycles. The molecule has 214 valence electrons. The van der Waals surface area contributed by atoms with Crippen molar-refractivity contribution in [2.75, 3.05) is 50.1 Å². The van der Waals surface area contributed by atoms with E-state index in [9.17, 15) is 9.18 Å². The molecule has 1 N–H and O–H groups in total. The number of benzene rings is 2. The number of hydrogen-bond donors (Lipinski definition) is 1. The molecule has 0 saturated carbocycles. The number of aromatic nitrogens is 4. The number of aromatic amines is 1. The molecule has 2 saturated heterocycles. The smallest absolute Gasteiger partial charge is 0.246 e. The number of amides is 1. The van der Waals surface area contributed by atoms with E-state index in [0.717, 1.165) is 0 Å². The first-order chi connectivity index (χ1) is 19.6. The molecule has 2 fully saturated rings. The van der Waals surface area contributed by atoms with Crippen molar-refractivity contribution in [3.05, 3.63) is 53.7 Å². The van der Waals surface area contributed by atoms with Crippen molar-refractivity contribution < 1.29 is 13.6 Å². The summed E-state index contributed by atoms with van der Waals surface area (Å²) in [6.45, 7) is 9.98. The van der Waals surface area contributed by atoms with Crippen LogP contribution in [-0.2, 0) is 4.79 Å². The van der Waals surface area contributed by atoms with Crippen LogP contribution in [-0.4, -0.2) is 94.3 Å². The van der Waals surface area contributed by atoms with Crippen molar-refractivity contribution in [3.63, 3.8) is 0 Å². The molecule has 2 aliphatic rings. The van der Waals surface area contributed by atoms with Gasteiger partial charge in [-0.2, -0.15) is 10.1 Å². The number of likely N-dealkylation sites (N-methyl/N-ethyl adjacent to an activating group) is 1. The fourth-order valence-corrected chi connectivity index (χ4v) is 6.08. The van der Waals surface area contributed by atoms with Crippen LogP contribution in [0.25, 0.3) is 32.9 Å². The Morgan fingerprint density at radius 1 is 1.12 bits per heavy atom. The lowest BCUT2D eigenvalue weighted by molar-refractivity contribution is -0.128. The van der Waals surface area contributed by atoms with Gasteiger partial charge in [0.1, 0.15) is 22.7 Å². The standard InChI is InChI=1S/C29H31ClF2N8O/c1-6-23(41)39-11-16(3)40(12-15(39)2)28-19-9-21(30)24(18-7-8-22(31)26-20(18)10-33-36-26)25(32)27(19)34-29(35-28)38-13-17(14-38)37(4)5/h6-10,15-17H,1,11-14H2,2-5H3,(H,33,36)/t15-,16+/m1/s1. The minimum Gasteiger partial charge on any atom is -0.349 e. The molecule has 0 unspecified atom stereocenters. The van der Waals surface area contributed by atoms with Gasteiger partial charge in [0.25, 0.3) is 0 Å². The van der Waals surface area contributed by atoms with Crippen LogP contribution >= 0.6 is 11.6 Å². The van der Waals surface area contributed by atoms with E-state index in [1.165, 1.54) is 24.4 Å². The number of rotatable bonds is 5. The second-order valence-corrected chi connectivity index (χ2v) is 11.5. The minimum absolute atomic E-state index is 0.115. The number of carbonyl (C=O) groups excluding carboxylic acids is 1. The topological polar surface area (TPSA) is 84.5 Å². The zero-order valence-electron chi connectivity index (χ0n) is 23.3. The van der Waals surface area contributed by atoms with Crippen LogP contribution in [0.2, 0.25) is 5.02 Å². The predicted molar refractivity (Wildman–Crippen MR) is 157 cm³/mol. The number of anilines is 2. The SMILES string of the molecule is C=CC(=O)N1C[C@H](C)N(c2nc(N3CC(N(C)C)C3)nc3c(F)c(-c4ccc(F)c5[nH]ncc45)c(Cl)cc23)C[C@H]1C. The number of nitrogens with zero attached hydrogens (tertiary/aromatic N) is 7. The minimum atomic E-state index is -0.614.